The molecule has 1 aliphatic rings. The topological polar surface area (TPSA) is 167 Å². The third-order valence-electron chi connectivity index (χ3n) is 3.99. The van der Waals surface area contributed by atoms with Gasteiger partial charge in [0.25, 0.3) is 5.69 Å². The SMILES string of the molecule is CC1=C(OC(=O)OCCO)C(c2cccc([N+](=O)[O-])c2)=C(OC(=O)OCCO)C(C)N1. The highest BCUT2D eigenvalue weighted by atomic mass is 16.7. The Hall–Kier alpha value is -3.64. The van der Waals surface area contributed by atoms with Gasteiger partial charge in [0, 0.05) is 12.1 Å². The largest absolute Gasteiger partial charge is 0.514 e. The molecule has 0 saturated carbocycles. The van der Waals surface area contributed by atoms with Crippen molar-refractivity contribution in [2.45, 2.75) is 19.9 Å². The van der Waals surface area contributed by atoms with E-state index in [1.54, 1.807) is 13.8 Å². The molecule has 0 amide bonds. The number of aliphatic hydroxyl groups is 2. The number of nitro groups is 1. The van der Waals surface area contributed by atoms with Gasteiger partial charge >= 0.3 is 12.3 Å². The van der Waals surface area contributed by atoms with Crippen LogP contribution < -0.4 is 5.32 Å². The average molecular weight is 438 g/mol. The first kappa shape index (κ1) is 23.6. The number of nitrogens with zero attached hydrogens (tertiary/aromatic N) is 1. The maximum Gasteiger partial charge on any atom is 0.514 e. The molecular formula is C19H22N2O10. The lowest BCUT2D eigenvalue weighted by Crippen LogP contribution is -2.35. The number of rotatable bonds is 8. The van der Waals surface area contributed by atoms with E-state index in [-0.39, 0.29) is 41.6 Å². The van der Waals surface area contributed by atoms with Gasteiger partial charge in [-0.1, -0.05) is 12.1 Å². The quantitative estimate of drug-likeness (QED) is 0.308. The molecule has 1 aromatic rings. The summed E-state index contributed by atoms with van der Waals surface area (Å²) >= 11 is 0. The van der Waals surface area contributed by atoms with Gasteiger partial charge < -0.3 is 34.5 Å². The molecule has 0 spiro atoms. The predicted molar refractivity (Wildman–Crippen MR) is 104 cm³/mol. The number of dihydropyridines is 1. The first-order valence-electron chi connectivity index (χ1n) is 9.16. The molecule has 2 rings (SSSR count). The maximum absolute atomic E-state index is 12.0. The van der Waals surface area contributed by atoms with E-state index in [4.69, 9.17) is 29.2 Å². The predicted octanol–water partition coefficient (Wildman–Crippen LogP) is 1.82. The van der Waals surface area contributed by atoms with E-state index in [1.165, 1.54) is 24.3 Å². The number of carbonyl (C=O) groups excluding carboxylic acids is 2. The number of hydrogen-bond donors (Lipinski definition) is 3. The number of carbonyl (C=O) groups is 2. The summed E-state index contributed by atoms with van der Waals surface area (Å²) in [5.41, 5.74) is 0.454. The van der Waals surface area contributed by atoms with Crippen LogP contribution in [0.25, 0.3) is 5.57 Å². The van der Waals surface area contributed by atoms with E-state index in [2.05, 4.69) is 5.32 Å². The monoisotopic (exact) mass is 438 g/mol. The number of benzene rings is 1. The highest BCUT2D eigenvalue weighted by Gasteiger charge is 2.33. The van der Waals surface area contributed by atoms with Gasteiger partial charge in [-0.3, -0.25) is 10.1 Å². The second kappa shape index (κ2) is 10.9. The van der Waals surface area contributed by atoms with Crippen molar-refractivity contribution in [1.82, 2.24) is 5.32 Å². The van der Waals surface area contributed by atoms with Crippen LogP contribution in [0.3, 0.4) is 0 Å². The Morgan fingerprint density at radius 3 is 2.32 bits per heavy atom. The van der Waals surface area contributed by atoms with Gasteiger partial charge in [0.15, 0.2) is 5.76 Å². The number of hydrogen-bond acceptors (Lipinski definition) is 11. The van der Waals surface area contributed by atoms with E-state index in [1.807, 2.05) is 0 Å². The van der Waals surface area contributed by atoms with Gasteiger partial charge in [0.1, 0.15) is 19.0 Å². The molecule has 0 saturated heterocycles. The lowest BCUT2D eigenvalue weighted by atomic mass is 9.95. The molecule has 168 valence electrons. The second-order valence-corrected chi connectivity index (χ2v) is 6.22. The van der Waals surface area contributed by atoms with E-state index in [0.717, 1.165) is 0 Å². The van der Waals surface area contributed by atoms with Crippen LogP contribution in [0.15, 0.2) is 41.5 Å². The number of nitro benzene ring substituents is 1. The molecular weight excluding hydrogens is 416 g/mol. The summed E-state index contributed by atoms with van der Waals surface area (Å²) < 4.78 is 20.0. The third kappa shape index (κ3) is 6.17. The van der Waals surface area contributed by atoms with Gasteiger partial charge in [0.05, 0.1) is 35.4 Å². The molecule has 0 radical (unpaired) electrons. The van der Waals surface area contributed by atoms with Crippen LogP contribution >= 0.6 is 0 Å². The number of non-ortho nitro benzene ring substituents is 1. The summed E-state index contributed by atoms with van der Waals surface area (Å²) in [6.45, 7) is 1.80. The van der Waals surface area contributed by atoms with E-state index in [0.29, 0.717) is 5.70 Å². The highest BCUT2D eigenvalue weighted by Crippen LogP contribution is 2.36. The average Bonchev–Trinajstić information content (AvgIpc) is 2.74. The molecule has 3 N–H and O–H groups in total. The lowest BCUT2D eigenvalue weighted by Gasteiger charge is -2.29. The zero-order valence-electron chi connectivity index (χ0n) is 16.8. The highest BCUT2D eigenvalue weighted by molar-refractivity contribution is 5.85. The van der Waals surface area contributed by atoms with Crippen LogP contribution in [0.1, 0.15) is 19.4 Å². The number of allylic oxidation sites excluding steroid dienone is 2. The summed E-state index contributed by atoms with van der Waals surface area (Å²) in [5, 5.41) is 31.8. The van der Waals surface area contributed by atoms with Crippen molar-refractivity contribution < 1.29 is 43.7 Å². The van der Waals surface area contributed by atoms with Gasteiger partial charge in [-0.05, 0) is 19.4 Å². The van der Waals surface area contributed by atoms with Crippen molar-refractivity contribution in [2.24, 2.45) is 0 Å². The Labute approximate surface area is 176 Å². The molecule has 1 unspecified atom stereocenters. The summed E-state index contributed by atoms with van der Waals surface area (Å²) in [6, 6.07) is 4.82. The molecule has 0 aromatic heterocycles. The standard InChI is InChI=1S/C19H22N2O10/c1-11-16(30-18(24)28-8-6-22)15(13-4-3-5-14(10-13)21(26)27)17(12(2)20-11)31-19(25)29-9-7-23/h3-5,10-11,20,22-23H,6-9H2,1-2H3. The van der Waals surface area contributed by atoms with E-state index in [9.17, 15) is 19.7 Å². The Balaban J connectivity index is 2.57. The van der Waals surface area contributed by atoms with Crippen LogP contribution in [0.4, 0.5) is 15.3 Å². The minimum absolute atomic E-state index is 0.0287. The minimum atomic E-state index is -1.13. The Morgan fingerprint density at radius 2 is 1.74 bits per heavy atom. The zero-order chi connectivity index (χ0) is 23.0. The van der Waals surface area contributed by atoms with Crippen molar-refractivity contribution in [1.29, 1.82) is 0 Å². The fourth-order valence-electron chi connectivity index (χ4n) is 2.78. The van der Waals surface area contributed by atoms with E-state index >= 15 is 0 Å². The van der Waals surface area contributed by atoms with Gasteiger partial charge in [0.2, 0.25) is 0 Å². The van der Waals surface area contributed by atoms with Gasteiger partial charge in [-0.2, -0.15) is 0 Å². The van der Waals surface area contributed by atoms with Crippen molar-refractivity contribution in [2.75, 3.05) is 26.4 Å². The van der Waals surface area contributed by atoms with E-state index < -0.39 is 36.5 Å². The van der Waals surface area contributed by atoms with Crippen molar-refractivity contribution in [3.05, 3.63) is 57.2 Å². The van der Waals surface area contributed by atoms with Crippen molar-refractivity contribution in [3.8, 4) is 0 Å². The smallest absolute Gasteiger partial charge is 0.432 e. The number of nitrogens with one attached hydrogen (secondary N) is 1. The molecule has 0 bridgehead atoms. The first-order chi connectivity index (χ1) is 14.8. The third-order valence-corrected chi connectivity index (χ3v) is 3.99. The molecule has 12 nitrogen and oxygen atoms in total. The summed E-state index contributed by atoms with van der Waals surface area (Å²) in [7, 11) is 0. The molecule has 12 heteroatoms. The van der Waals surface area contributed by atoms with Crippen LogP contribution in [-0.4, -0.2) is 59.9 Å². The zero-order valence-corrected chi connectivity index (χ0v) is 16.8. The molecule has 1 aromatic carbocycles. The van der Waals surface area contributed by atoms with Crippen molar-refractivity contribution >= 4 is 23.6 Å². The summed E-state index contributed by atoms with van der Waals surface area (Å²) in [6.07, 6.45) is -2.26. The molecule has 0 aliphatic carbocycles. The van der Waals surface area contributed by atoms with Crippen LogP contribution in [0.5, 0.6) is 0 Å². The molecule has 1 atom stereocenters. The second-order valence-electron chi connectivity index (χ2n) is 6.22. The molecule has 0 fully saturated rings. The van der Waals surface area contributed by atoms with Crippen LogP contribution in [0, 0.1) is 10.1 Å². The number of aliphatic hydroxyl groups excluding tert-OH is 2. The fraction of sp³-hybridized carbons (Fsp3) is 0.368. The normalized spacial score (nSPS) is 15.8. The maximum atomic E-state index is 12.0. The van der Waals surface area contributed by atoms with Gasteiger partial charge in [-0.25, -0.2) is 9.59 Å². The van der Waals surface area contributed by atoms with Crippen LogP contribution in [-0.2, 0) is 18.9 Å². The molecule has 31 heavy (non-hydrogen) atoms. The van der Waals surface area contributed by atoms with Crippen molar-refractivity contribution in [3.63, 3.8) is 0 Å². The summed E-state index contributed by atoms with van der Waals surface area (Å²) in [4.78, 5) is 34.7. The van der Waals surface area contributed by atoms with Gasteiger partial charge in [-0.15, -0.1) is 0 Å². The molecule has 1 heterocycles. The molecule has 1 aliphatic heterocycles. The fourth-order valence-corrected chi connectivity index (χ4v) is 2.78. The lowest BCUT2D eigenvalue weighted by molar-refractivity contribution is -0.384. The van der Waals surface area contributed by atoms with Crippen LogP contribution in [0.2, 0.25) is 0 Å². The Morgan fingerprint density at radius 1 is 1.13 bits per heavy atom. The minimum Gasteiger partial charge on any atom is -0.432 e. The Bertz CT molecular complexity index is 909. The summed E-state index contributed by atoms with van der Waals surface area (Å²) in [5.74, 6) is -0.120. The first-order valence-corrected chi connectivity index (χ1v) is 9.16. The number of ether oxygens (including phenoxy) is 4. The Kier molecular flexibility index (Phi) is 8.34.